The standard InChI is InChI=1S/C27H25N5O2S/c1-34-21-14-12-20(13-15-21)31-17-7-11-23(31)26-25(22-10-5-6-16-28-22)30-27(35)32(26)18-24(33)29-19-8-3-2-4-9-19/h2-17,25-26H,18H2,1H3,(H,29,33)(H,30,35)/t25-,26-/m0/s1. The summed E-state index contributed by atoms with van der Waals surface area (Å²) in [6, 6.07) is 26.7. The van der Waals surface area contributed by atoms with Crippen molar-refractivity contribution < 1.29 is 9.53 Å². The molecular formula is C27H25N5O2S. The van der Waals surface area contributed by atoms with Crippen molar-refractivity contribution >= 4 is 28.9 Å². The maximum absolute atomic E-state index is 13.0. The van der Waals surface area contributed by atoms with Crippen LogP contribution < -0.4 is 15.4 Å². The van der Waals surface area contributed by atoms with Gasteiger partial charge in [-0.25, -0.2) is 0 Å². The van der Waals surface area contributed by atoms with E-state index in [4.69, 9.17) is 17.0 Å². The second-order valence-corrected chi connectivity index (χ2v) is 8.56. The molecule has 0 aliphatic carbocycles. The fourth-order valence-corrected chi connectivity index (χ4v) is 4.69. The second kappa shape index (κ2) is 9.99. The van der Waals surface area contributed by atoms with Crippen LogP contribution in [-0.4, -0.2) is 39.1 Å². The topological polar surface area (TPSA) is 71.4 Å². The van der Waals surface area contributed by atoms with Gasteiger partial charge in [-0.15, -0.1) is 0 Å². The van der Waals surface area contributed by atoms with Gasteiger partial charge in [-0.05, 0) is 72.9 Å². The summed E-state index contributed by atoms with van der Waals surface area (Å²) in [7, 11) is 1.65. The van der Waals surface area contributed by atoms with E-state index in [1.807, 2.05) is 90.0 Å². The van der Waals surface area contributed by atoms with Crippen molar-refractivity contribution in [3.8, 4) is 11.4 Å². The van der Waals surface area contributed by atoms with Crippen LogP contribution in [0, 0.1) is 0 Å². The minimum atomic E-state index is -0.254. The number of ether oxygens (including phenoxy) is 1. The number of nitrogens with zero attached hydrogens (tertiary/aromatic N) is 3. The SMILES string of the molecule is COc1ccc(-n2cccc2[C@H]2[C@H](c3ccccn3)NC(=S)N2CC(=O)Nc2ccccc2)cc1. The van der Waals surface area contributed by atoms with Crippen LogP contribution in [0.3, 0.4) is 0 Å². The van der Waals surface area contributed by atoms with Crippen LogP contribution in [0.4, 0.5) is 5.69 Å². The summed E-state index contributed by atoms with van der Waals surface area (Å²) in [4.78, 5) is 19.5. The van der Waals surface area contributed by atoms with Crippen molar-refractivity contribution in [2.24, 2.45) is 0 Å². The van der Waals surface area contributed by atoms with Crippen LogP contribution in [0.25, 0.3) is 5.69 Å². The molecule has 4 aromatic rings. The van der Waals surface area contributed by atoms with Crippen LogP contribution in [0.2, 0.25) is 0 Å². The number of pyridine rings is 1. The molecule has 1 saturated heterocycles. The van der Waals surface area contributed by atoms with Crippen LogP contribution in [-0.2, 0) is 4.79 Å². The van der Waals surface area contributed by atoms with E-state index < -0.39 is 0 Å². The normalized spacial score (nSPS) is 17.2. The van der Waals surface area contributed by atoms with Crippen molar-refractivity contribution in [3.05, 3.63) is 109 Å². The molecule has 1 fully saturated rings. The van der Waals surface area contributed by atoms with Crippen molar-refractivity contribution in [1.29, 1.82) is 0 Å². The Hall–Kier alpha value is -4.17. The first-order valence-corrected chi connectivity index (χ1v) is 11.7. The van der Waals surface area contributed by atoms with E-state index in [9.17, 15) is 4.79 Å². The van der Waals surface area contributed by atoms with E-state index in [1.165, 1.54) is 0 Å². The number of thiocarbonyl (C=S) groups is 1. The maximum atomic E-state index is 13.0. The minimum Gasteiger partial charge on any atom is -0.497 e. The van der Waals surface area contributed by atoms with Gasteiger partial charge in [-0.2, -0.15) is 0 Å². The number of carbonyl (C=O) groups excluding carboxylic acids is 1. The Morgan fingerprint density at radius 2 is 1.80 bits per heavy atom. The summed E-state index contributed by atoms with van der Waals surface area (Å²) in [5.74, 6) is 0.645. The minimum absolute atomic E-state index is 0.0997. The van der Waals surface area contributed by atoms with Crippen molar-refractivity contribution in [3.63, 3.8) is 0 Å². The largest absolute Gasteiger partial charge is 0.497 e. The van der Waals surface area contributed by atoms with E-state index in [1.54, 1.807) is 13.3 Å². The number of benzene rings is 2. The average Bonchev–Trinajstić information content (AvgIpc) is 3.50. The zero-order valence-electron chi connectivity index (χ0n) is 19.2. The fraction of sp³-hybridized carbons (Fsp3) is 0.148. The molecule has 3 heterocycles. The van der Waals surface area contributed by atoms with Crippen LogP contribution in [0.5, 0.6) is 5.75 Å². The average molecular weight is 484 g/mol. The highest BCUT2D eigenvalue weighted by molar-refractivity contribution is 7.80. The molecule has 0 saturated carbocycles. The molecule has 0 radical (unpaired) electrons. The van der Waals surface area contributed by atoms with Gasteiger partial charge in [0.1, 0.15) is 12.3 Å². The Morgan fingerprint density at radius 3 is 2.51 bits per heavy atom. The Labute approximate surface area is 209 Å². The molecule has 5 rings (SSSR count). The Kier molecular flexibility index (Phi) is 6.45. The molecule has 0 unspecified atom stereocenters. The van der Waals surface area contributed by atoms with Crippen LogP contribution in [0.1, 0.15) is 23.5 Å². The predicted molar refractivity (Wildman–Crippen MR) is 140 cm³/mol. The van der Waals surface area contributed by atoms with Crippen molar-refractivity contribution in [2.45, 2.75) is 12.1 Å². The molecule has 2 aromatic heterocycles. The molecule has 1 aliphatic rings. The molecule has 2 N–H and O–H groups in total. The molecule has 1 aliphatic heterocycles. The molecule has 8 heteroatoms. The summed E-state index contributed by atoms with van der Waals surface area (Å²) in [6.07, 6.45) is 3.78. The van der Waals surface area contributed by atoms with Crippen molar-refractivity contribution in [2.75, 3.05) is 19.0 Å². The van der Waals surface area contributed by atoms with Gasteiger partial charge in [-0.1, -0.05) is 24.3 Å². The van der Waals surface area contributed by atoms with Gasteiger partial charge in [0, 0.05) is 29.5 Å². The summed E-state index contributed by atoms with van der Waals surface area (Å²) >= 11 is 5.73. The molecule has 7 nitrogen and oxygen atoms in total. The Balaban J connectivity index is 1.50. The van der Waals surface area contributed by atoms with E-state index in [2.05, 4.69) is 26.3 Å². The first-order valence-electron chi connectivity index (χ1n) is 11.3. The van der Waals surface area contributed by atoms with Crippen molar-refractivity contribution in [1.82, 2.24) is 19.8 Å². The summed E-state index contributed by atoms with van der Waals surface area (Å²) in [6.45, 7) is 0.0997. The number of amides is 1. The monoisotopic (exact) mass is 483 g/mol. The van der Waals surface area contributed by atoms with Gasteiger partial charge < -0.3 is 24.8 Å². The van der Waals surface area contributed by atoms with Crippen LogP contribution >= 0.6 is 12.2 Å². The number of anilines is 1. The van der Waals surface area contributed by atoms with E-state index in [-0.39, 0.29) is 24.5 Å². The predicted octanol–water partition coefficient (Wildman–Crippen LogP) is 4.49. The molecule has 1 amide bonds. The lowest BCUT2D eigenvalue weighted by Gasteiger charge is -2.28. The van der Waals surface area contributed by atoms with E-state index in [0.29, 0.717) is 5.11 Å². The zero-order chi connectivity index (χ0) is 24.2. The number of hydrogen-bond donors (Lipinski definition) is 2. The lowest BCUT2D eigenvalue weighted by molar-refractivity contribution is -0.116. The quantitative estimate of drug-likeness (QED) is 0.378. The van der Waals surface area contributed by atoms with E-state index in [0.717, 1.165) is 28.5 Å². The zero-order valence-corrected chi connectivity index (χ0v) is 20.0. The number of para-hydroxylation sites is 1. The van der Waals surface area contributed by atoms with Gasteiger partial charge in [0.2, 0.25) is 5.91 Å². The highest BCUT2D eigenvalue weighted by Crippen LogP contribution is 2.39. The van der Waals surface area contributed by atoms with Gasteiger partial charge in [-0.3, -0.25) is 9.78 Å². The molecule has 0 spiro atoms. The third-order valence-corrected chi connectivity index (χ3v) is 6.36. The fourth-order valence-electron chi connectivity index (χ4n) is 4.39. The number of methoxy groups -OCH3 is 1. The first kappa shape index (κ1) is 22.6. The summed E-state index contributed by atoms with van der Waals surface area (Å²) < 4.78 is 7.43. The smallest absolute Gasteiger partial charge is 0.244 e. The molecule has 0 bridgehead atoms. The lowest BCUT2D eigenvalue weighted by atomic mass is 10.0. The molecule has 2 atom stereocenters. The van der Waals surface area contributed by atoms with Gasteiger partial charge >= 0.3 is 0 Å². The molecule has 2 aromatic carbocycles. The third kappa shape index (κ3) is 4.74. The van der Waals surface area contributed by atoms with Gasteiger partial charge in [0.25, 0.3) is 0 Å². The number of rotatable bonds is 7. The number of aromatic nitrogens is 2. The first-order chi connectivity index (χ1) is 17.1. The van der Waals surface area contributed by atoms with Crippen LogP contribution in [0.15, 0.2) is 97.3 Å². The molecular weight excluding hydrogens is 458 g/mol. The van der Waals surface area contributed by atoms with Gasteiger partial charge in [0.15, 0.2) is 5.11 Å². The third-order valence-electron chi connectivity index (χ3n) is 6.00. The second-order valence-electron chi connectivity index (χ2n) is 8.17. The molecule has 176 valence electrons. The number of carbonyl (C=O) groups is 1. The lowest BCUT2D eigenvalue weighted by Crippen LogP contribution is -2.37. The number of hydrogen-bond acceptors (Lipinski definition) is 4. The Bertz CT molecular complexity index is 1310. The summed E-state index contributed by atoms with van der Waals surface area (Å²) in [5, 5.41) is 6.88. The summed E-state index contributed by atoms with van der Waals surface area (Å²) in [5.41, 5.74) is 3.58. The highest BCUT2D eigenvalue weighted by atomic mass is 32.1. The van der Waals surface area contributed by atoms with Gasteiger partial charge in [0.05, 0.1) is 24.9 Å². The maximum Gasteiger partial charge on any atom is 0.244 e. The highest BCUT2D eigenvalue weighted by Gasteiger charge is 2.42. The Morgan fingerprint density at radius 1 is 1.03 bits per heavy atom. The number of nitrogens with one attached hydrogen (secondary N) is 2. The van der Waals surface area contributed by atoms with E-state index >= 15 is 0 Å². The molecule has 35 heavy (non-hydrogen) atoms.